The van der Waals surface area contributed by atoms with Crippen molar-refractivity contribution in [1.29, 1.82) is 0 Å². The van der Waals surface area contributed by atoms with Gasteiger partial charge in [-0.3, -0.25) is 4.79 Å². The van der Waals surface area contributed by atoms with Gasteiger partial charge in [-0.05, 0) is 11.6 Å². The van der Waals surface area contributed by atoms with Crippen LogP contribution in [0, 0.1) is 0 Å². The van der Waals surface area contributed by atoms with Crippen molar-refractivity contribution < 1.29 is 4.79 Å². The van der Waals surface area contributed by atoms with Gasteiger partial charge in [-0.2, -0.15) is 0 Å². The van der Waals surface area contributed by atoms with E-state index >= 15 is 0 Å². The van der Waals surface area contributed by atoms with Gasteiger partial charge in [0.1, 0.15) is 5.82 Å². The quantitative estimate of drug-likeness (QED) is 0.706. The fourth-order valence-corrected chi connectivity index (χ4v) is 2.03. The summed E-state index contributed by atoms with van der Waals surface area (Å²) in [5.41, 5.74) is 8.92. The maximum absolute atomic E-state index is 10.8. The minimum absolute atomic E-state index is 0.0387. The van der Waals surface area contributed by atoms with Crippen LogP contribution in [-0.4, -0.2) is 24.0 Å². The molecular weight excluding hydrogens is 264 g/mol. The van der Waals surface area contributed by atoms with Crippen LogP contribution in [0.4, 0.5) is 5.82 Å². The number of carbonyl (C=O) groups is 1. The number of nitrogens with zero attached hydrogens (tertiary/aromatic N) is 1. The van der Waals surface area contributed by atoms with Gasteiger partial charge in [0.05, 0.1) is 0 Å². The molecule has 5 nitrogen and oxygen atoms in total. The summed E-state index contributed by atoms with van der Waals surface area (Å²) in [6, 6.07) is 12.1. The first kappa shape index (κ1) is 15.0. The normalized spacial score (nSPS) is 10.2. The number of benzene rings is 1. The molecule has 0 bridgehead atoms. The zero-order valence-electron chi connectivity index (χ0n) is 12.1. The van der Waals surface area contributed by atoms with E-state index in [1.54, 1.807) is 0 Å². The van der Waals surface area contributed by atoms with Crippen molar-refractivity contribution in [3.05, 3.63) is 48.2 Å². The monoisotopic (exact) mass is 284 g/mol. The Labute approximate surface area is 124 Å². The Morgan fingerprint density at radius 1 is 1.19 bits per heavy atom. The maximum Gasteiger partial charge on any atom is 0.216 e. The highest BCUT2D eigenvalue weighted by molar-refractivity contribution is 5.72. The molecule has 0 saturated carbocycles. The minimum Gasteiger partial charge on any atom is -0.368 e. The van der Waals surface area contributed by atoms with Gasteiger partial charge in [0.15, 0.2) is 0 Å². The third-order valence-electron chi connectivity index (χ3n) is 3.09. The summed E-state index contributed by atoms with van der Waals surface area (Å²) >= 11 is 0. The van der Waals surface area contributed by atoms with Crippen molar-refractivity contribution in [2.75, 3.05) is 18.4 Å². The van der Waals surface area contributed by atoms with E-state index in [1.807, 2.05) is 42.6 Å². The molecule has 0 aliphatic rings. The van der Waals surface area contributed by atoms with E-state index in [-0.39, 0.29) is 5.91 Å². The Hall–Kier alpha value is -2.40. The van der Waals surface area contributed by atoms with E-state index in [1.165, 1.54) is 6.92 Å². The minimum atomic E-state index is -0.0387. The van der Waals surface area contributed by atoms with Crippen LogP contribution >= 0.6 is 0 Å². The predicted molar refractivity (Wildman–Crippen MR) is 84.7 cm³/mol. The third-order valence-corrected chi connectivity index (χ3v) is 3.09. The highest BCUT2D eigenvalue weighted by Gasteiger charge is 2.05. The molecule has 0 aliphatic carbocycles. The number of anilines is 1. The summed E-state index contributed by atoms with van der Waals surface area (Å²) in [7, 11) is 0. The molecule has 2 aromatic rings. The summed E-state index contributed by atoms with van der Waals surface area (Å²) in [5.74, 6) is 0.728. The Kier molecular flexibility index (Phi) is 5.29. The van der Waals surface area contributed by atoms with Gasteiger partial charge >= 0.3 is 0 Å². The first-order valence-electron chi connectivity index (χ1n) is 6.93. The number of pyridine rings is 1. The fraction of sp³-hybridized carbons (Fsp3) is 0.250. The fourth-order valence-electron chi connectivity index (χ4n) is 2.03. The van der Waals surface area contributed by atoms with Crippen LogP contribution in [0.3, 0.4) is 0 Å². The van der Waals surface area contributed by atoms with E-state index < -0.39 is 0 Å². The first-order valence-corrected chi connectivity index (χ1v) is 6.93. The standard InChI is InChI=1S/C16H20N4O/c1-12(21)18-7-8-19-16-14(10-17)9-15(11-20-16)13-5-3-2-4-6-13/h2-6,9,11H,7-8,10,17H2,1H3,(H,18,21)(H,19,20). The number of hydrogen-bond acceptors (Lipinski definition) is 4. The van der Waals surface area contributed by atoms with E-state index in [0.29, 0.717) is 19.6 Å². The molecule has 0 saturated heterocycles. The number of carbonyl (C=O) groups excluding carboxylic acids is 1. The first-order chi connectivity index (χ1) is 10.2. The zero-order valence-corrected chi connectivity index (χ0v) is 12.1. The second kappa shape index (κ2) is 7.40. The van der Waals surface area contributed by atoms with Crippen LogP contribution in [0.25, 0.3) is 11.1 Å². The summed E-state index contributed by atoms with van der Waals surface area (Å²) < 4.78 is 0. The van der Waals surface area contributed by atoms with E-state index in [0.717, 1.165) is 22.5 Å². The van der Waals surface area contributed by atoms with Gasteiger partial charge in [-0.1, -0.05) is 30.3 Å². The van der Waals surface area contributed by atoms with Crippen LogP contribution in [0.1, 0.15) is 12.5 Å². The van der Waals surface area contributed by atoms with Crippen molar-refractivity contribution >= 4 is 11.7 Å². The van der Waals surface area contributed by atoms with Gasteiger partial charge < -0.3 is 16.4 Å². The van der Waals surface area contributed by atoms with Crippen molar-refractivity contribution in [3.8, 4) is 11.1 Å². The number of nitrogens with one attached hydrogen (secondary N) is 2. The Morgan fingerprint density at radius 2 is 1.95 bits per heavy atom. The SMILES string of the molecule is CC(=O)NCCNc1ncc(-c2ccccc2)cc1CN. The molecule has 0 radical (unpaired) electrons. The van der Waals surface area contributed by atoms with Crippen LogP contribution in [-0.2, 0) is 11.3 Å². The van der Waals surface area contributed by atoms with E-state index in [4.69, 9.17) is 5.73 Å². The highest BCUT2D eigenvalue weighted by atomic mass is 16.1. The van der Waals surface area contributed by atoms with Crippen molar-refractivity contribution in [3.63, 3.8) is 0 Å². The van der Waals surface area contributed by atoms with Crippen molar-refractivity contribution in [2.45, 2.75) is 13.5 Å². The lowest BCUT2D eigenvalue weighted by molar-refractivity contribution is -0.118. The Morgan fingerprint density at radius 3 is 2.62 bits per heavy atom. The maximum atomic E-state index is 10.8. The molecule has 2 rings (SSSR count). The Balaban J connectivity index is 2.08. The third kappa shape index (κ3) is 4.29. The average Bonchev–Trinajstić information content (AvgIpc) is 2.52. The molecule has 21 heavy (non-hydrogen) atoms. The number of aromatic nitrogens is 1. The molecule has 0 unspecified atom stereocenters. The van der Waals surface area contributed by atoms with Gasteiger partial charge in [-0.25, -0.2) is 4.98 Å². The summed E-state index contributed by atoms with van der Waals surface area (Å²) in [6.07, 6.45) is 1.83. The molecule has 110 valence electrons. The van der Waals surface area contributed by atoms with Crippen LogP contribution in [0.15, 0.2) is 42.6 Å². The molecule has 5 heteroatoms. The topological polar surface area (TPSA) is 80.0 Å². The van der Waals surface area contributed by atoms with E-state index in [9.17, 15) is 4.79 Å². The second-order valence-electron chi connectivity index (χ2n) is 4.71. The van der Waals surface area contributed by atoms with Crippen LogP contribution in [0.2, 0.25) is 0 Å². The lowest BCUT2D eigenvalue weighted by Gasteiger charge is -2.12. The molecule has 1 aromatic heterocycles. The number of rotatable bonds is 6. The zero-order chi connectivity index (χ0) is 15.1. The Bertz CT molecular complexity index is 598. The summed E-state index contributed by atoms with van der Waals surface area (Å²) in [4.78, 5) is 15.2. The number of hydrogen-bond donors (Lipinski definition) is 3. The van der Waals surface area contributed by atoms with Crippen LogP contribution < -0.4 is 16.4 Å². The molecule has 0 fully saturated rings. The van der Waals surface area contributed by atoms with Crippen LogP contribution in [0.5, 0.6) is 0 Å². The number of nitrogens with two attached hydrogens (primary N) is 1. The average molecular weight is 284 g/mol. The largest absolute Gasteiger partial charge is 0.368 e. The van der Waals surface area contributed by atoms with Crippen molar-refractivity contribution in [2.24, 2.45) is 5.73 Å². The molecule has 1 amide bonds. The molecule has 0 atom stereocenters. The molecule has 0 aliphatic heterocycles. The lowest BCUT2D eigenvalue weighted by Crippen LogP contribution is -2.26. The van der Waals surface area contributed by atoms with Gasteiger partial charge in [0.25, 0.3) is 0 Å². The van der Waals surface area contributed by atoms with E-state index in [2.05, 4.69) is 15.6 Å². The van der Waals surface area contributed by atoms with Gasteiger partial charge in [0.2, 0.25) is 5.91 Å². The summed E-state index contributed by atoms with van der Waals surface area (Å²) in [5, 5.41) is 5.92. The van der Waals surface area contributed by atoms with Gasteiger partial charge in [-0.15, -0.1) is 0 Å². The molecule has 0 spiro atoms. The predicted octanol–water partition coefficient (Wildman–Crippen LogP) is 1.76. The van der Waals surface area contributed by atoms with Gasteiger partial charge in [0, 0.05) is 43.9 Å². The molecule has 1 heterocycles. The second-order valence-corrected chi connectivity index (χ2v) is 4.71. The number of amides is 1. The molecular formula is C16H20N4O. The highest BCUT2D eigenvalue weighted by Crippen LogP contribution is 2.22. The lowest BCUT2D eigenvalue weighted by atomic mass is 10.1. The molecule has 1 aromatic carbocycles. The van der Waals surface area contributed by atoms with Crippen molar-refractivity contribution in [1.82, 2.24) is 10.3 Å². The molecule has 4 N–H and O–H groups in total. The smallest absolute Gasteiger partial charge is 0.216 e. The summed E-state index contributed by atoms with van der Waals surface area (Å²) in [6.45, 7) is 3.08.